The van der Waals surface area contributed by atoms with Gasteiger partial charge < -0.3 is 9.47 Å². The second-order valence-electron chi connectivity index (χ2n) is 6.25. The van der Waals surface area contributed by atoms with E-state index < -0.39 is 0 Å². The smallest absolute Gasteiger partial charge is 0.272 e. The number of nitrogens with zero attached hydrogens (tertiary/aromatic N) is 4. The van der Waals surface area contributed by atoms with Crippen LogP contribution in [0.3, 0.4) is 0 Å². The molecular weight excluding hydrogens is 300 g/mol. The molecular formula is C19H28N4O. The largest absolute Gasteiger partial charge is 0.333 e. The third-order valence-electron chi connectivity index (χ3n) is 4.20. The van der Waals surface area contributed by atoms with E-state index in [1.54, 1.807) is 23.3 Å². The Hall–Kier alpha value is -2.17. The molecule has 5 heteroatoms. The van der Waals surface area contributed by atoms with Gasteiger partial charge in [-0.05, 0) is 18.1 Å². The molecule has 0 aromatic carbocycles. The van der Waals surface area contributed by atoms with Crippen molar-refractivity contribution in [2.75, 3.05) is 6.54 Å². The van der Waals surface area contributed by atoms with Crippen LogP contribution in [0.15, 0.2) is 37.1 Å². The van der Waals surface area contributed by atoms with E-state index in [-0.39, 0.29) is 5.91 Å². The molecule has 0 fully saturated rings. The molecule has 2 rings (SSSR count). The first kappa shape index (κ1) is 18.2. The van der Waals surface area contributed by atoms with Crippen LogP contribution in [0, 0.1) is 0 Å². The van der Waals surface area contributed by atoms with E-state index in [9.17, 15) is 4.79 Å². The van der Waals surface area contributed by atoms with Crippen LogP contribution < -0.4 is 0 Å². The number of carbonyl (C=O) groups is 1. The summed E-state index contributed by atoms with van der Waals surface area (Å²) in [5, 5.41) is 0. The van der Waals surface area contributed by atoms with Gasteiger partial charge in [0.1, 0.15) is 5.69 Å². The molecule has 0 unspecified atom stereocenters. The van der Waals surface area contributed by atoms with Gasteiger partial charge in [-0.15, -0.1) is 0 Å². The van der Waals surface area contributed by atoms with Gasteiger partial charge in [0.05, 0.1) is 12.5 Å². The zero-order valence-corrected chi connectivity index (χ0v) is 14.8. The average Bonchev–Trinajstić information content (AvgIpc) is 3.03. The van der Waals surface area contributed by atoms with Crippen LogP contribution in [0.25, 0.3) is 0 Å². The van der Waals surface area contributed by atoms with Gasteiger partial charge in [-0.3, -0.25) is 9.78 Å². The maximum atomic E-state index is 12.8. The first-order valence-corrected chi connectivity index (χ1v) is 8.87. The highest BCUT2D eigenvalue weighted by molar-refractivity contribution is 5.92. The number of hydrogen-bond donors (Lipinski definition) is 0. The summed E-state index contributed by atoms with van der Waals surface area (Å²) in [7, 11) is 1.85. The van der Waals surface area contributed by atoms with E-state index in [1.807, 2.05) is 30.3 Å². The fourth-order valence-corrected chi connectivity index (χ4v) is 2.77. The third kappa shape index (κ3) is 5.48. The Labute approximate surface area is 144 Å². The highest BCUT2D eigenvalue weighted by Crippen LogP contribution is 2.12. The molecule has 0 bridgehead atoms. The first-order valence-electron chi connectivity index (χ1n) is 8.87. The molecule has 2 aromatic heterocycles. The van der Waals surface area contributed by atoms with Crippen LogP contribution in [0.2, 0.25) is 0 Å². The van der Waals surface area contributed by atoms with Crippen LogP contribution in [0.5, 0.6) is 0 Å². The summed E-state index contributed by atoms with van der Waals surface area (Å²) in [6.45, 7) is 3.58. The molecule has 130 valence electrons. The monoisotopic (exact) mass is 328 g/mol. The van der Waals surface area contributed by atoms with Gasteiger partial charge in [0.25, 0.3) is 5.91 Å². The molecule has 0 N–H and O–H groups in total. The Balaban J connectivity index is 1.96. The number of rotatable bonds is 10. The van der Waals surface area contributed by atoms with Crippen molar-refractivity contribution in [1.29, 1.82) is 0 Å². The van der Waals surface area contributed by atoms with Crippen LogP contribution in [0.4, 0.5) is 0 Å². The number of carbonyl (C=O) groups excluding carboxylic acids is 1. The van der Waals surface area contributed by atoms with Crippen molar-refractivity contribution in [3.63, 3.8) is 0 Å². The standard InChI is InChI=1S/C19H28N4O/c1-3-4-5-6-7-8-12-23(15-17-10-9-11-20-13-17)19(24)18-14-21-16-22(18)2/h9-11,13-14,16H,3-8,12,15H2,1-2H3. The van der Waals surface area contributed by atoms with E-state index >= 15 is 0 Å². The van der Waals surface area contributed by atoms with E-state index in [0.717, 1.165) is 18.5 Å². The van der Waals surface area contributed by atoms with Crippen molar-refractivity contribution < 1.29 is 4.79 Å². The number of unbranched alkanes of at least 4 members (excludes halogenated alkanes) is 5. The van der Waals surface area contributed by atoms with Crippen molar-refractivity contribution in [1.82, 2.24) is 19.4 Å². The minimum absolute atomic E-state index is 0.0346. The van der Waals surface area contributed by atoms with E-state index in [2.05, 4.69) is 16.9 Å². The lowest BCUT2D eigenvalue weighted by atomic mass is 10.1. The normalized spacial score (nSPS) is 10.8. The minimum atomic E-state index is 0.0346. The quantitative estimate of drug-likeness (QED) is 0.623. The summed E-state index contributed by atoms with van der Waals surface area (Å²) in [5.74, 6) is 0.0346. The summed E-state index contributed by atoms with van der Waals surface area (Å²) < 4.78 is 1.78. The molecule has 2 aromatic rings. The maximum absolute atomic E-state index is 12.8. The molecule has 0 aliphatic rings. The predicted octanol–water partition coefficient (Wildman–Crippen LogP) is 3.82. The number of imidazole rings is 1. The minimum Gasteiger partial charge on any atom is -0.333 e. The van der Waals surface area contributed by atoms with E-state index in [1.165, 1.54) is 32.1 Å². The van der Waals surface area contributed by atoms with Crippen molar-refractivity contribution in [2.45, 2.75) is 52.0 Å². The Kier molecular flexibility index (Phi) is 7.46. The van der Waals surface area contributed by atoms with Crippen LogP contribution in [-0.2, 0) is 13.6 Å². The molecule has 0 saturated carbocycles. The van der Waals surface area contributed by atoms with Crippen LogP contribution in [0.1, 0.15) is 61.5 Å². The van der Waals surface area contributed by atoms with Gasteiger partial charge >= 0.3 is 0 Å². The van der Waals surface area contributed by atoms with Crippen molar-refractivity contribution in [3.05, 3.63) is 48.3 Å². The fraction of sp³-hybridized carbons (Fsp3) is 0.526. The van der Waals surface area contributed by atoms with Gasteiger partial charge in [-0.2, -0.15) is 0 Å². The van der Waals surface area contributed by atoms with Crippen molar-refractivity contribution >= 4 is 5.91 Å². The summed E-state index contributed by atoms with van der Waals surface area (Å²) in [5.41, 5.74) is 1.68. The Morgan fingerprint density at radius 2 is 1.92 bits per heavy atom. The summed E-state index contributed by atoms with van der Waals surface area (Å²) in [6, 6.07) is 3.92. The molecule has 2 heterocycles. The SMILES string of the molecule is CCCCCCCCN(Cc1cccnc1)C(=O)c1cncn1C. The molecule has 0 aliphatic carbocycles. The zero-order chi connectivity index (χ0) is 17.2. The lowest BCUT2D eigenvalue weighted by Gasteiger charge is -2.23. The second kappa shape index (κ2) is 9.85. The second-order valence-corrected chi connectivity index (χ2v) is 6.25. The number of hydrogen-bond acceptors (Lipinski definition) is 3. The van der Waals surface area contributed by atoms with Crippen molar-refractivity contribution in [3.8, 4) is 0 Å². The van der Waals surface area contributed by atoms with E-state index in [0.29, 0.717) is 12.2 Å². The molecule has 0 aliphatic heterocycles. The van der Waals surface area contributed by atoms with Gasteiger partial charge in [0.2, 0.25) is 0 Å². The fourth-order valence-electron chi connectivity index (χ4n) is 2.77. The molecule has 0 saturated heterocycles. The Morgan fingerprint density at radius 3 is 2.58 bits per heavy atom. The van der Waals surface area contributed by atoms with Crippen LogP contribution in [-0.4, -0.2) is 31.9 Å². The number of aryl methyl sites for hydroxylation is 1. The Bertz CT molecular complexity index is 609. The van der Waals surface area contributed by atoms with E-state index in [4.69, 9.17) is 0 Å². The molecule has 0 atom stereocenters. The van der Waals surface area contributed by atoms with Crippen molar-refractivity contribution in [2.24, 2.45) is 7.05 Å². The predicted molar refractivity (Wildman–Crippen MR) is 95.6 cm³/mol. The topological polar surface area (TPSA) is 51.0 Å². The van der Waals surface area contributed by atoms with Crippen LogP contribution >= 0.6 is 0 Å². The number of amides is 1. The summed E-state index contributed by atoms with van der Waals surface area (Å²) in [6.07, 6.45) is 14.2. The summed E-state index contributed by atoms with van der Waals surface area (Å²) in [4.78, 5) is 23.0. The third-order valence-corrected chi connectivity index (χ3v) is 4.20. The lowest BCUT2D eigenvalue weighted by Crippen LogP contribution is -2.32. The maximum Gasteiger partial charge on any atom is 0.272 e. The first-order chi connectivity index (χ1) is 11.7. The Morgan fingerprint density at radius 1 is 1.12 bits per heavy atom. The molecule has 5 nitrogen and oxygen atoms in total. The lowest BCUT2D eigenvalue weighted by molar-refractivity contribution is 0.0730. The van der Waals surface area contributed by atoms with Gasteiger partial charge in [0.15, 0.2) is 0 Å². The molecule has 1 amide bonds. The number of pyridine rings is 1. The van der Waals surface area contributed by atoms with Gasteiger partial charge in [0, 0.05) is 32.5 Å². The van der Waals surface area contributed by atoms with Gasteiger partial charge in [-0.25, -0.2) is 4.98 Å². The zero-order valence-electron chi connectivity index (χ0n) is 14.8. The number of aromatic nitrogens is 3. The molecule has 0 spiro atoms. The molecule has 0 radical (unpaired) electrons. The average molecular weight is 328 g/mol. The highest BCUT2D eigenvalue weighted by atomic mass is 16.2. The van der Waals surface area contributed by atoms with Gasteiger partial charge in [-0.1, -0.05) is 45.1 Å². The summed E-state index contributed by atoms with van der Waals surface area (Å²) >= 11 is 0. The molecule has 24 heavy (non-hydrogen) atoms. The highest BCUT2D eigenvalue weighted by Gasteiger charge is 2.18.